The second-order valence-corrected chi connectivity index (χ2v) is 5.90. The number of hydrogen-bond acceptors (Lipinski definition) is 5. The number of aromatic nitrogens is 2. The predicted molar refractivity (Wildman–Crippen MR) is 78.5 cm³/mol. The van der Waals surface area contributed by atoms with E-state index in [9.17, 15) is 26.7 Å². The summed E-state index contributed by atoms with van der Waals surface area (Å²) in [6.45, 7) is -0.275. The van der Waals surface area contributed by atoms with Gasteiger partial charge in [-0.15, -0.1) is 0 Å². The Balaban J connectivity index is 1.83. The van der Waals surface area contributed by atoms with E-state index >= 15 is 0 Å². The van der Waals surface area contributed by atoms with Crippen LogP contribution >= 0.6 is 11.3 Å². The largest absolute Gasteiger partial charge is 0.483 e. The lowest BCUT2D eigenvalue weighted by atomic mass is 10.2. The zero-order chi connectivity index (χ0) is 18.2. The van der Waals surface area contributed by atoms with Gasteiger partial charge in [-0.05, 0) is 18.2 Å². The molecule has 0 spiro atoms. The van der Waals surface area contributed by atoms with Gasteiger partial charge in [-0.3, -0.25) is 4.79 Å². The minimum atomic E-state index is -4.54. The molecule has 2 heterocycles. The number of aldehydes is 1. The summed E-state index contributed by atoms with van der Waals surface area (Å²) in [5.41, 5.74) is -1.66. The lowest BCUT2D eigenvalue weighted by Crippen LogP contribution is -2.05. The van der Waals surface area contributed by atoms with Crippen molar-refractivity contribution in [2.24, 2.45) is 0 Å². The maximum absolute atomic E-state index is 13.9. The summed E-state index contributed by atoms with van der Waals surface area (Å²) in [6, 6.07) is 2.73. The van der Waals surface area contributed by atoms with Crippen molar-refractivity contribution in [3.8, 4) is 5.75 Å². The third-order valence-electron chi connectivity index (χ3n) is 3.18. The van der Waals surface area contributed by atoms with Crippen molar-refractivity contribution in [2.75, 3.05) is 0 Å². The molecule has 0 aliphatic carbocycles. The van der Waals surface area contributed by atoms with Gasteiger partial charge < -0.3 is 4.74 Å². The van der Waals surface area contributed by atoms with Crippen LogP contribution < -0.4 is 4.74 Å². The van der Waals surface area contributed by atoms with Crippen molar-refractivity contribution in [1.82, 2.24) is 9.97 Å². The van der Waals surface area contributed by atoms with Gasteiger partial charge in [0.25, 0.3) is 0 Å². The fourth-order valence-corrected chi connectivity index (χ4v) is 2.79. The summed E-state index contributed by atoms with van der Waals surface area (Å²) >= 11 is 0.974. The number of halogens is 5. The molecule has 0 amide bonds. The van der Waals surface area contributed by atoms with E-state index in [4.69, 9.17) is 4.74 Å². The number of carbonyl (C=O) groups is 1. The summed E-state index contributed by atoms with van der Waals surface area (Å²) in [5.74, 6) is -2.55. The number of rotatable bonds is 4. The van der Waals surface area contributed by atoms with Gasteiger partial charge in [-0.2, -0.15) is 13.2 Å². The van der Waals surface area contributed by atoms with E-state index in [0.29, 0.717) is 6.20 Å². The van der Waals surface area contributed by atoms with E-state index in [1.54, 1.807) is 0 Å². The van der Waals surface area contributed by atoms with Crippen LogP contribution in [0.2, 0.25) is 0 Å². The molecule has 0 atom stereocenters. The van der Waals surface area contributed by atoms with Gasteiger partial charge in [0, 0.05) is 6.20 Å². The summed E-state index contributed by atoms with van der Waals surface area (Å²) in [6.07, 6.45) is -3.82. The van der Waals surface area contributed by atoms with Crippen molar-refractivity contribution in [3.05, 3.63) is 52.2 Å². The number of benzene rings is 1. The van der Waals surface area contributed by atoms with Crippen LogP contribution in [0.25, 0.3) is 10.3 Å². The lowest BCUT2D eigenvalue weighted by Gasteiger charge is -2.07. The number of thiazole rings is 1. The number of pyridine rings is 1. The average Bonchev–Trinajstić information content (AvgIpc) is 2.95. The molecule has 4 nitrogen and oxygen atoms in total. The van der Waals surface area contributed by atoms with Gasteiger partial charge >= 0.3 is 6.18 Å². The van der Waals surface area contributed by atoms with E-state index in [-0.39, 0.29) is 34.0 Å². The topological polar surface area (TPSA) is 52.1 Å². The first-order valence-electron chi connectivity index (χ1n) is 6.68. The van der Waals surface area contributed by atoms with Gasteiger partial charge in [-0.25, -0.2) is 18.7 Å². The summed E-state index contributed by atoms with van der Waals surface area (Å²) in [4.78, 5) is 18.6. The molecule has 130 valence electrons. The van der Waals surface area contributed by atoms with Crippen LogP contribution in [0.4, 0.5) is 22.0 Å². The molecule has 0 saturated carbocycles. The van der Waals surface area contributed by atoms with Crippen molar-refractivity contribution in [3.63, 3.8) is 0 Å². The summed E-state index contributed by atoms with van der Waals surface area (Å²) < 4.78 is 70.2. The first-order chi connectivity index (χ1) is 11.8. The number of ether oxygens (including phenoxy) is 1. The maximum atomic E-state index is 13.9. The molecule has 10 heteroatoms. The zero-order valence-corrected chi connectivity index (χ0v) is 12.9. The standard InChI is InChI=1S/C15H7F5N2O2S/c16-9-1-2-11(13(17)8(9)5-23)24-6-12-22-10-3-7(15(18,19)20)4-21-14(10)25-12/h1-5H,6H2. The third kappa shape index (κ3) is 3.43. The van der Waals surface area contributed by atoms with E-state index in [0.717, 1.165) is 29.5 Å². The molecule has 1 aromatic carbocycles. The SMILES string of the molecule is O=Cc1c(F)ccc(OCc2nc3cc(C(F)(F)F)cnc3s2)c1F. The number of carbonyl (C=O) groups excluding carboxylic acids is 1. The molecule has 0 aliphatic heterocycles. The minimum absolute atomic E-state index is 0.0256. The van der Waals surface area contributed by atoms with Crippen LogP contribution in [0, 0.1) is 11.6 Å². The first kappa shape index (κ1) is 17.2. The summed E-state index contributed by atoms with van der Waals surface area (Å²) in [5, 5.41) is 0.248. The van der Waals surface area contributed by atoms with Crippen LogP contribution in [-0.2, 0) is 12.8 Å². The van der Waals surface area contributed by atoms with Crippen molar-refractivity contribution >= 4 is 28.0 Å². The highest BCUT2D eigenvalue weighted by atomic mass is 32.1. The number of fused-ring (bicyclic) bond motifs is 1. The molecular formula is C15H7F5N2O2S. The van der Waals surface area contributed by atoms with Crippen LogP contribution in [0.3, 0.4) is 0 Å². The monoisotopic (exact) mass is 374 g/mol. The Morgan fingerprint density at radius 2 is 2.00 bits per heavy atom. The highest BCUT2D eigenvalue weighted by molar-refractivity contribution is 7.18. The zero-order valence-electron chi connectivity index (χ0n) is 12.1. The number of nitrogens with zero attached hydrogens (tertiary/aromatic N) is 2. The Morgan fingerprint density at radius 3 is 2.68 bits per heavy atom. The lowest BCUT2D eigenvalue weighted by molar-refractivity contribution is -0.137. The van der Waals surface area contributed by atoms with Gasteiger partial charge in [0.1, 0.15) is 27.8 Å². The molecular weight excluding hydrogens is 367 g/mol. The quantitative estimate of drug-likeness (QED) is 0.502. The molecule has 3 aromatic rings. The molecule has 0 saturated heterocycles. The highest BCUT2D eigenvalue weighted by Gasteiger charge is 2.31. The van der Waals surface area contributed by atoms with E-state index in [1.807, 2.05) is 0 Å². The van der Waals surface area contributed by atoms with Gasteiger partial charge in [0.15, 0.2) is 17.9 Å². The van der Waals surface area contributed by atoms with Crippen molar-refractivity contribution in [1.29, 1.82) is 0 Å². The first-order valence-corrected chi connectivity index (χ1v) is 7.50. The molecule has 0 unspecified atom stereocenters. The van der Waals surface area contributed by atoms with Gasteiger partial charge in [0.2, 0.25) is 0 Å². The van der Waals surface area contributed by atoms with E-state index in [2.05, 4.69) is 9.97 Å². The molecule has 3 rings (SSSR count). The fraction of sp³-hybridized carbons (Fsp3) is 0.133. The highest BCUT2D eigenvalue weighted by Crippen LogP contribution is 2.32. The second-order valence-electron chi connectivity index (χ2n) is 4.83. The Bertz CT molecular complexity index is 955. The van der Waals surface area contributed by atoms with E-state index in [1.165, 1.54) is 0 Å². The van der Waals surface area contributed by atoms with Crippen molar-refractivity contribution in [2.45, 2.75) is 12.8 Å². The molecule has 0 radical (unpaired) electrons. The van der Waals surface area contributed by atoms with E-state index < -0.39 is 28.9 Å². The summed E-state index contributed by atoms with van der Waals surface area (Å²) in [7, 11) is 0. The van der Waals surface area contributed by atoms with Gasteiger partial charge in [-0.1, -0.05) is 11.3 Å². The Kier molecular flexibility index (Phi) is 4.38. The molecule has 0 N–H and O–H groups in total. The average molecular weight is 374 g/mol. The van der Waals surface area contributed by atoms with Crippen molar-refractivity contribution < 1.29 is 31.5 Å². The second kappa shape index (κ2) is 6.36. The fourth-order valence-electron chi connectivity index (χ4n) is 1.99. The number of alkyl halides is 3. The third-order valence-corrected chi connectivity index (χ3v) is 4.13. The normalized spacial score (nSPS) is 11.7. The molecule has 2 aromatic heterocycles. The molecule has 0 bridgehead atoms. The van der Waals surface area contributed by atoms with Crippen LogP contribution in [0.5, 0.6) is 5.75 Å². The van der Waals surface area contributed by atoms with Crippen LogP contribution in [0.1, 0.15) is 20.9 Å². The van der Waals surface area contributed by atoms with Crippen LogP contribution in [0.15, 0.2) is 24.4 Å². The van der Waals surface area contributed by atoms with Gasteiger partial charge in [0.05, 0.1) is 11.1 Å². The predicted octanol–water partition coefficient (Wildman–Crippen LogP) is 4.38. The Labute approximate surface area is 140 Å². The smallest absolute Gasteiger partial charge is 0.417 e. The Hall–Kier alpha value is -2.62. The molecule has 0 fully saturated rings. The Morgan fingerprint density at radius 1 is 1.24 bits per heavy atom. The maximum Gasteiger partial charge on any atom is 0.417 e. The number of hydrogen-bond donors (Lipinski definition) is 0. The molecule has 0 aliphatic rings. The van der Waals surface area contributed by atoms with Crippen LogP contribution in [-0.4, -0.2) is 16.3 Å². The molecule has 25 heavy (non-hydrogen) atoms. The minimum Gasteiger partial charge on any atom is -0.483 e.